The van der Waals surface area contributed by atoms with E-state index in [4.69, 9.17) is 5.73 Å². The average molecular weight is 290 g/mol. The van der Waals surface area contributed by atoms with Crippen LogP contribution in [0.3, 0.4) is 0 Å². The van der Waals surface area contributed by atoms with Crippen LogP contribution >= 0.6 is 0 Å². The first-order valence-corrected chi connectivity index (χ1v) is 6.09. The van der Waals surface area contributed by atoms with Crippen LogP contribution in [0.25, 0.3) is 0 Å². The quantitative estimate of drug-likeness (QED) is 0.619. The Labute approximate surface area is 115 Å². The van der Waals surface area contributed by atoms with Gasteiger partial charge in [-0.2, -0.15) is 13.2 Å². The van der Waals surface area contributed by atoms with Gasteiger partial charge in [-0.1, -0.05) is 13.0 Å². The predicted octanol–water partition coefficient (Wildman–Crippen LogP) is 1.84. The van der Waals surface area contributed by atoms with Gasteiger partial charge in [-0.15, -0.1) is 0 Å². The molecule has 3 N–H and O–H groups in total. The SMILES string of the molecule is CCCNC(N)=NCc1ccc(OCC(F)(F)F)nc1. The molecule has 8 heteroatoms. The van der Waals surface area contributed by atoms with Crippen molar-refractivity contribution in [3.8, 4) is 5.88 Å². The van der Waals surface area contributed by atoms with Crippen LogP contribution < -0.4 is 15.8 Å². The van der Waals surface area contributed by atoms with E-state index in [0.717, 1.165) is 18.5 Å². The Morgan fingerprint density at radius 1 is 1.45 bits per heavy atom. The smallest absolute Gasteiger partial charge is 0.422 e. The summed E-state index contributed by atoms with van der Waals surface area (Å²) >= 11 is 0. The van der Waals surface area contributed by atoms with E-state index in [1.807, 2.05) is 6.92 Å². The van der Waals surface area contributed by atoms with Gasteiger partial charge in [0.15, 0.2) is 12.6 Å². The molecule has 0 saturated carbocycles. The van der Waals surface area contributed by atoms with Crippen molar-refractivity contribution in [3.05, 3.63) is 23.9 Å². The minimum atomic E-state index is -4.37. The van der Waals surface area contributed by atoms with Crippen LogP contribution in [0.4, 0.5) is 13.2 Å². The number of rotatable bonds is 6. The minimum absolute atomic E-state index is 0.0767. The van der Waals surface area contributed by atoms with Gasteiger partial charge >= 0.3 is 6.18 Å². The predicted molar refractivity (Wildman–Crippen MR) is 69.4 cm³/mol. The average Bonchev–Trinajstić information content (AvgIpc) is 2.41. The fraction of sp³-hybridized carbons (Fsp3) is 0.500. The zero-order chi connectivity index (χ0) is 15.0. The van der Waals surface area contributed by atoms with Crippen molar-refractivity contribution in [2.24, 2.45) is 10.7 Å². The standard InChI is InChI=1S/C12H17F3N4O/c1-2-5-17-11(16)19-7-9-3-4-10(18-6-9)20-8-12(13,14)15/h3-4,6H,2,5,7-8H2,1H3,(H3,16,17,19). The van der Waals surface area contributed by atoms with Gasteiger partial charge in [0, 0.05) is 18.8 Å². The van der Waals surface area contributed by atoms with Gasteiger partial charge in [0.2, 0.25) is 5.88 Å². The molecule has 5 nitrogen and oxygen atoms in total. The topological polar surface area (TPSA) is 72.5 Å². The fourth-order valence-electron chi connectivity index (χ4n) is 1.23. The monoisotopic (exact) mass is 290 g/mol. The summed E-state index contributed by atoms with van der Waals surface area (Å²) in [6.45, 7) is 1.68. The van der Waals surface area contributed by atoms with Crippen molar-refractivity contribution in [2.45, 2.75) is 26.1 Å². The molecule has 112 valence electrons. The van der Waals surface area contributed by atoms with Crippen LogP contribution in [0.5, 0.6) is 5.88 Å². The van der Waals surface area contributed by atoms with Crippen LogP contribution in [0.1, 0.15) is 18.9 Å². The molecule has 1 heterocycles. The molecule has 0 aromatic carbocycles. The largest absolute Gasteiger partial charge is 0.468 e. The summed E-state index contributed by atoms with van der Waals surface area (Å²) in [6, 6.07) is 2.96. The summed E-state index contributed by atoms with van der Waals surface area (Å²) < 4.78 is 40.3. The fourth-order valence-corrected chi connectivity index (χ4v) is 1.23. The lowest BCUT2D eigenvalue weighted by molar-refractivity contribution is -0.154. The molecule has 20 heavy (non-hydrogen) atoms. The zero-order valence-corrected chi connectivity index (χ0v) is 11.1. The van der Waals surface area contributed by atoms with Gasteiger partial charge in [0.1, 0.15) is 0 Å². The number of nitrogens with zero attached hydrogens (tertiary/aromatic N) is 2. The highest BCUT2D eigenvalue weighted by molar-refractivity contribution is 5.77. The summed E-state index contributed by atoms with van der Waals surface area (Å²) in [6.07, 6.45) is -2.03. The number of nitrogens with two attached hydrogens (primary N) is 1. The number of aromatic nitrogens is 1. The molecular formula is C12H17F3N4O. The van der Waals surface area contributed by atoms with E-state index in [2.05, 4.69) is 20.0 Å². The van der Waals surface area contributed by atoms with E-state index in [1.54, 1.807) is 6.07 Å². The highest BCUT2D eigenvalue weighted by Crippen LogP contribution is 2.17. The Kier molecular flexibility index (Phi) is 6.08. The first-order valence-electron chi connectivity index (χ1n) is 6.09. The summed E-state index contributed by atoms with van der Waals surface area (Å²) in [5.41, 5.74) is 6.33. The number of hydrogen-bond donors (Lipinski definition) is 2. The lowest BCUT2D eigenvalue weighted by atomic mass is 10.3. The lowest BCUT2D eigenvalue weighted by Crippen LogP contribution is -2.32. The molecule has 1 aromatic rings. The van der Waals surface area contributed by atoms with Crippen molar-refractivity contribution in [3.63, 3.8) is 0 Å². The van der Waals surface area contributed by atoms with Crippen LogP contribution in [0.2, 0.25) is 0 Å². The number of aliphatic imine (C=N–C) groups is 1. The van der Waals surface area contributed by atoms with Gasteiger partial charge in [-0.25, -0.2) is 9.98 Å². The molecule has 0 fully saturated rings. The second-order valence-electron chi connectivity index (χ2n) is 4.04. The number of hydrogen-bond acceptors (Lipinski definition) is 3. The molecule has 0 unspecified atom stereocenters. The molecule has 0 radical (unpaired) electrons. The molecule has 0 bridgehead atoms. The van der Waals surface area contributed by atoms with Gasteiger partial charge in [0.05, 0.1) is 6.54 Å². The summed E-state index contributed by atoms with van der Waals surface area (Å²) in [4.78, 5) is 7.84. The Bertz CT molecular complexity index is 431. The first-order chi connectivity index (χ1) is 9.40. The molecule has 0 atom stereocenters. The number of nitrogens with one attached hydrogen (secondary N) is 1. The maximum Gasteiger partial charge on any atom is 0.422 e. The molecule has 0 spiro atoms. The number of alkyl halides is 3. The number of halogens is 3. The Balaban J connectivity index is 2.46. The molecule has 1 rings (SSSR count). The second-order valence-corrected chi connectivity index (χ2v) is 4.04. The van der Waals surface area contributed by atoms with Crippen molar-refractivity contribution < 1.29 is 17.9 Å². The molecule has 0 aliphatic rings. The van der Waals surface area contributed by atoms with E-state index in [1.165, 1.54) is 12.3 Å². The maximum absolute atomic E-state index is 11.9. The van der Waals surface area contributed by atoms with Crippen molar-refractivity contribution in [1.82, 2.24) is 10.3 Å². The third-order valence-electron chi connectivity index (χ3n) is 2.17. The van der Waals surface area contributed by atoms with E-state index in [9.17, 15) is 13.2 Å². The third kappa shape index (κ3) is 6.81. The first kappa shape index (κ1) is 16.1. The summed E-state index contributed by atoms with van der Waals surface area (Å²) in [5.74, 6) is 0.247. The van der Waals surface area contributed by atoms with Crippen LogP contribution in [-0.2, 0) is 6.54 Å². The Morgan fingerprint density at radius 3 is 2.75 bits per heavy atom. The molecule has 0 aliphatic carbocycles. The van der Waals surface area contributed by atoms with Gasteiger partial charge in [-0.05, 0) is 12.0 Å². The van der Waals surface area contributed by atoms with E-state index in [0.29, 0.717) is 12.5 Å². The van der Waals surface area contributed by atoms with Crippen molar-refractivity contribution in [1.29, 1.82) is 0 Å². The lowest BCUT2D eigenvalue weighted by Gasteiger charge is -2.08. The van der Waals surface area contributed by atoms with E-state index >= 15 is 0 Å². The molecule has 0 amide bonds. The van der Waals surface area contributed by atoms with Crippen LogP contribution in [0, 0.1) is 0 Å². The number of pyridine rings is 1. The number of guanidine groups is 1. The maximum atomic E-state index is 11.9. The number of ether oxygens (including phenoxy) is 1. The molecule has 0 aliphatic heterocycles. The van der Waals surface area contributed by atoms with Crippen LogP contribution in [0.15, 0.2) is 23.3 Å². The third-order valence-corrected chi connectivity index (χ3v) is 2.17. The van der Waals surface area contributed by atoms with Crippen molar-refractivity contribution >= 4 is 5.96 Å². The zero-order valence-electron chi connectivity index (χ0n) is 11.1. The minimum Gasteiger partial charge on any atom is -0.468 e. The van der Waals surface area contributed by atoms with E-state index < -0.39 is 12.8 Å². The highest BCUT2D eigenvalue weighted by atomic mass is 19.4. The van der Waals surface area contributed by atoms with Gasteiger partial charge < -0.3 is 15.8 Å². The van der Waals surface area contributed by atoms with Gasteiger partial charge in [0.25, 0.3) is 0 Å². The Morgan fingerprint density at radius 2 is 2.20 bits per heavy atom. The Hall–Kier alpha value is -1.99. The molecular weight excluding hydrogens is 273 g/mol. The highest BCUT2D eigenvalue weighted by Gasteiger charge is 2.28. The van der Waals surface area contributed by atoms with Gasteiger partial charge in [-0.3, -0.25) is 0 Å². The van der Waals surface area contributed by atoms with E-state index in [-0.39, 0.29) is 5.88 Å². The second kappa shape index (κ2) is 7.56. The molecule has 1 aromatic heterocycles. The summed E-state index contributed by atoms with van der Waals surface area (Å²) in [5, 5.41) is 2.91. The summed E-state index contributed by atoms with van der Waals surface area (Å²) in [7, 11) is 0. The van der Waals surface area contributed by atoms with Crippen molar-refractivity contribution in [2.75, 3.05) is 13.2 Å². The normalized spacial score (nSPS) is 12.3. The molecule has 0 saturated heterocycles. The van der Waals surface area contributed by atoms with Crippen LogP contribution in [-0.4, -0.2) is 30.3 Å².